The molecule has 1 aromatic carbocycles. The van der Waals surface area contributed by atoms with Crippen LogP contribution in [-0.2, 0) is 0 Å². The monoisotopic (exact) mass is 268 g/mol. The third-order valence-electron chi connectivity index (χ3n) is 4.63. The molecule has 3 rings (SSSR count). The number of rotatable bonds is 3. The Morgan fingerprint density at radius 3 is 2.85 bits per heavy atom. The van der Waals surface area contributed by atoms with Crippen LogP contribution in [0.15, 0.2) is 30.3 Å². The molecule has 0 saturated heterocycles. The Balaban J connectivity index is 1.91. The molecule has 1 heterocycles. The Labute approximate surface area is 121 Å². The summed E-state index contributed by atoms with van der Waals surface area (Å²) in [5, 5.41) is 5.02. The van der Waals surface area contributed by atoms with Crippen LogP contribution in [0.5, 0.6) is 0 Å². The number of nitrogens with zero attached hydrogens (tertiary/aromatic N) is 1. The number of pyridine rings is 1. The summed E-state index contributed by atoms with van der Waals surface area (Å²) in [5.41, 5.74) is 3.41. The summed E-state index contributed by atoms with van der Waals surface area (Å²) in [6.45, 7) is 4.38. The second-order valence-electron chi connectivity index (χ2n) is 6.03. The largest absolute Gasteiger partial charge is 0.380 e. The van der Waals surface area contributed by atoms with E-state index in [4.69, 9.17) is 4.98 Å². The van der Waals surface area contributed by atoms with Crippen molar-refractivity contribution in [2.45, 2.75) is 52.0 Å². The Morgan fingerprint density at radius 2 is 2.00 bits per heavy atom. The first-order chi connectivity index (χ1) is 9.78. The molecule has 1 N–H and O–H groups in total. The summed E-state index contributed by atoms with van der Waals surface area (Å²) in [5.74, 6) is 0.809. The predicted molar refractivity (Wildman–Crippen MR) is 86.1 cm³/mol. The van der Waals surface area contributed by atoms with Gasteiger partial charge in [-0.15, -0.1) is 0 Å². The minimum atomic E-state index is 0.613. The maximum atomic E-state index is 4.73. The van der Waals surface area contributed by atoms with Gasteiger partial charge in [0.15, 0.2) is 0 Å². The summed E-state index contributed by atoms with van der Waals surface area (Å²) in [7, 11) is 0. The minimum absolute atomic E-state index is 0.613. The van der Waals surface area contributed by atoms with E-state index in [9.17, 15) is 0 Å². The summed E-state index contributed by atoms with van der Waals surface area (Å²) in [4.78, 5) is 4.73. The second-order valence-corrected chi connectivity index (χ2v) is 6.03. The van der Waals surface area contributed by atoms with E-state index in [0.29, 0.717) is 6.04 Å². The Bertz CT molecular complexity index is 591. The molecular weight excluding hydrogens is 244 g/mol. The number of aryl methyl sites for hydroxylation is 1. The summed E-state index contributed by atoms with van der Waals surface area (Å²) in [6.07, 6.45) is 6.68. The van der Waals surface area contributed by atoms with Crippen LogP contribution >= 0.6 is 0 Å². The SMILES string of the molecule is CCC1CCCCC1Nc1cccc2ccc(C)nc12. The zero-order chi connectivity index (χ0) is 13.9. The quantitative estimate of drug-likeness (QED) is 0.854. The lowest BCUT2D eigenvalue weighted by Gasteiger charge is -2.32. The van der Waals surface area contributed by atoms with E-state index in [2.05, 4.69) is 49.5 Å². The second kappa shape index (κ2) is 5.82. The fourth-order valence-corrected chi connectivity index (χ4v) is 3.45. The van der Waals surface area contributed by atoms with E-state index in [-0.39, 0.29) is 0 Å². The molecule has 1 saturated carbocycles. The van der Waals surface area contributed by atoms with Crippen molar-refractivity contribution < 1.29 is 0 Å². The van der Waals surface area contributed by atoms with Gasteiger partial charge in [-0.05, 0) is 37.8 Å². The lowest BCUT2D eigenvalue weighted by molar-refractivity contribution is 0.317. The van der Waals surface area contributed by atoms with Crippen LogP contribution in [0.25, 0.3) is 10.9 Å². The molecule has 1 aliphatic rings. The highest BCUT2D eigenvalue weighted by molar-refractivity contribution is 5.90. The molecule has 0 bridgehead atoms. The Hall–Kier alpha value is -1.57. The average Bonchev–Trinajstić information content (AvgIpc) is 2.48. The van der Waals surface area contributed by atoms with E-state index in [0.717, 1.165) is 17.1 Å². The van der Waals surface area contributed by atoms with Gasteiger partial charge in [0.05, 0.1) is 11.2 Å². The number of hydrogen-bond donors (Lipinski definition) is 1. The molecule has 0 amide bonds. The number of para-hydroxylation sites is 1. The van der Waals surface area contributed by atoms with Crippen molar-refractivity contribution in [2.24, 2.45) is 5.92 Å². The van der Waals surface area contributed by atoms with E-state index in [1.54, 1.807) is 0 Å². The smallest absolute Gasteiger partial charge is 0.0936 e. The third kappa shape index (κ3) is 2.65. The summed E-state index contributed by atoms with van der Waals surface area (Å²) >= 11 is 0. The molecule has 0 spiro atoms. The van der Waals surface area contributed by atoms with Crippen molar-refractivity contribution in [3.05, 3.63) is 36.0 Å². The molecule has 106 valence electrons. The van der Waals surface area contributed by atoms with Gasteiger partial charge in [-0.3, -0.25) is 4.98 Å². The van der Waals surface area contributed by atoms with Crippen molar-refractivity contribution in [1.82, 2.24) is 4.98 Å². The van der Waals surface area contributed by atoms with Crippen LogP contribution in [0.3, 0.4) is 0 Å². The van der Waals surface area contributed by atoms with Crippen molar-refractivity contribution >= 4 is 16.6 Å². The molecule has 1 aromatic heterocycles. The van der Waals surface area contributed by atoms with Gasteiger partial charge in [-0.25, -0.2) is 0 Å². The van der Waals surface area contributed by atoms with Gasteiger partial charge in [-0.1, -0.05) is 44.4 Å². The van der Waals surface area contributed by atoms with Gasteiger partial charge in [0.1, 0.15) is 0 Å². The number of aromatic nitrogens is 1. The van der Waals surface area contributed by atoms with Gasteiger partial charge >= 0.3 is 0 Å². The molecule has 2 unspecified atom stereocenters. The fraction of sp³-hybridized carbons (Fsp3) is 0.500. The molecular formula is C18H24N2. The molecule has 20 heavy (non-hydrogen) atoms. The number of fused-ring (bicyclic) bond motifs is 1. The van der Waals surface area contributed by atoms with Crippen LogP contribution in [0.4, 0.5) is 5.69 Å². The van der Waals surface area contributed by atoms with Gasteiger partial charge in [0.25, 0.3) is 0 Å². The van der Waals surface area contributed by atoms with Crippen molar-refractivity contribution in [3.8, 4) is 0 Å². The molecule has 0 aliphatic heterocycles. The maximum Gasteiger partial charge on any atom is 0.0936 e. The first-order valence-corrected chi connectivity index (χ1v) is 7.91. The number of anilines is 1. The summed E-state index contributed by atoms with van der Waals surface area (Å²) in [6, 6.07) is 11.3. The first kappa shape index (κ1) is 13.4. The van der Waals surface area contributed by atoms with E-state index in [1.165, 1.54) is 43.2 Å². The Morgan fingerprint density at radius 1 is 1.15 bits per heavy atom. The normalized spacial score (nSPS) is 22.9. The van der Waals surface area contributed by atoms with Crippen LogP contribution in [0, 0.1) is 12.8 Å². The van der Waals surface area contributed by atoms with E-state index < -0.39 is 0 Å². The van der Waals surface area contributed by atoms with Crippen LogP contribution in [0.1, 0.15) is 44.7 Å². The van der Waals surface area contributed by atoms with Gasteiger partial charge < -0.3 is 5.32 Å². The Kier molecular flexibility index (Phi) is 3.90. The minimum Gasteiger partial charge on any atom is -0.380 e. The number of nitrogens with one attached hydrogen (secondary N) is 1. The molecule has 2 nitrogen and oxygen atoms in total. The highest BCUT2D eigenvalue weighted by atomic mass is 14.9. The van der Waals surface area contributed by atoms with E-state index >= 15 is 0 Å². The van der Waals surface area contributed by atoms with Gasteiger partial charge in [0.2, 0.25) is 0 Å². The van der Waals surface area contributed by atoms with Crippen molar-refractivity contribution in [2.75, 3.05) is 5.32 Å². The van der Waals surface area contributed by atoms with Gasteiger partial charge in [0, 0.05) is 17.1 Å². The number of benzene rings is 1. The molecule has 2 aromatic rings. The summed E-state index contributed by atoms with van der Waals surface area (Å²) < 4.78 is 0. The van der Waals surface area contributed by atoms with Crippen LogP contribution in [0.2, 0.25) is 0 Å². The first-order valence-electron chi connectivity index (χ1n) is 7.91. The molecule has 2 atom stereocenters. The zero-order valence-electron chi connectivity index (χ0n) is 12.5. The predicted octanol–water partition coefficient (Wildman–Crippen LogP) is 4.92. The van der Waals surface area contributed by atoms with Crippen molar-refractivity contribution in [1.29, 1.82) is 0 Å². The zero-order valence-corrected chi connectivity index (χ0v) is 12.5. The maximum absolute atomic E-state index is 4.73. The van der Waals surface area contributed by atoms with Crippen molar-refractivity contribution in [3.63, 3.8) is 0 Å². The third-order valence-corrected chi connectivity index (χ3v) is 4.63. The van der Waals surface area contributed by atoms with E-state index in [1.807, 2.05) is 0 Å². The highest BCUT2D eigenvalue weighted by Gasteiger charge is 2.23. The van der Waals surface area contributed by atoms with Crippen LogP contribution in [-0.4, -0.2) is 11.0 Å². The lowest BCUT2D eigenvalue weighted by atomic mass is 9.83. The molecule has 2 heteroatoms. The molecule has 0 radical (unpaired) electrons. The average molecular weight is 268 g/mol. The van der Waals surface area contributed by atoms with Crippen LogP contribution < -0.4 is 5.32 Å². The highest BCUT2D eigenvalue weighted by Crippen LogP contribution is 2.31. The van der Waals surface area contributed by atoms with Gasteiger partial charge in [-0.2, -0.15) is 0 Å². The number of hydrogen-bond acceptors (Lipinski definition) is 2. The fourth-order valence-electron chi connectivity index (χ4n) is 3.45. The lowest BCUT2D eigenvalue weighted by Crippen LogP contribution is -2.31. The topological polar surface area (TPSA) is 24.9 Å². The standard InChI is InChI=1S/C18H24N2/c1-3-14-7-4-5-9-16(14)20-17-10-6-8-15-12-11-13(2)19-18(15)17/h6,8,10-12,14,16,20H,3-5,7,9H2,1-2H3. The molecule has 1 fully saturated rings. The molecule has 1 aliphatic carbocycles.